The second kappa shape index (κ2) is 3.04. The molecule has 0 atom stereocenters. The minimum absolute atomic E-state index is 0.0487. The molecular weight excluding hydrogens is 234 g/mol. The van der Waals surface area contributed by atoms with E-state index in [0.717, 1.165) is 4.57 Å². The summed E-state index contributed by atoms with van der Waals surface area (Å²) in [5.74, 6) is 0. The Morgan fingerprint density at radius 1 is 0.778 bits per heavy atom. The molecule has 0 aliphatic carbocycles. The molecule has 0 unspecified atom stereocenters. The molecule has 0 fully saturated rings. The number of aromatic nitrogens is 2. The minimum atomic E-state index is -0.410. The third-order valence-corrected chi connectivity index (χ3v) is 3.35. The monoisotopic (exact) mass is 243 g/mol. The summed E-state index contributed by atoms with van der Waals surface area (Å²) in [7, 11) is 2.89. The summed E-state index contributed by atoms with van der Waals surface area (Å²) in [4.78, 5) is 35.5. The van der Waals surface area contributed by atoms with Crippen LogP contribution >= 0.6 is 0 Å². The SMILES string of the molecule is Cn1c(=N)c2cc3c(=O)n(C)c(=O)c3cc2c1=O. The molecule has 0 aliphatic rings. The standard InChI is InChI=1S/C12H9N3O3/c1-14-9(13)5-3-7-8(4-6(5)10(14)16)12(18)15(2)11(7)17/h3-4,13H,1-2H3. The van der Waals surface area contributed by atoms with E-state index < -0.39 is 11.1 Å². The molecule has 2 aromatic heterocycles. The molecule has 1 N–H and O–H groups in total. The first-order valence-corrected chi connectivity index (χ1v) is 5.31. The molecule has 0 bridgehead atoms. The van der Waals surface area contributed by atoms with Crippen LogP contribution in [0.4, 0.5) is 0 Å². The Morgan fingerprint density at radius 3 is 1.72 bits per heavy atom. The van der Waals surface area contributed by atoms with Gasteiger partial charge in [-0.25, -0.2) is 0 Å². The lowest BCUT2D eigenvalue weighted by Gasteiger charge is -1.87. The van der Waals surface area contributed by atoms with E-state index in [1.807, 2.05) is 0 Å². The predicted molar refractivity (Wildman–Crippen MR) is 66.4 cm³/mol. The van der Waals surface area contributed by atoms with Crippen LogP contribution in [0.15, 0.2) is 26.5 Å². The summed E-state index contributed by atoms with van der Waals surface area (Å²) in [5, 5.41) is 8.99. The lowest BCUT2D eigenvalue weighted by molar-refractivity contribution is 0.819. The van der Waals surface area contributed by atoms with Crippen LogP contribution in [0, 0.1) is 5.41 Å². The van der Waals surface area contributed by atoms with Crippen molar-refractivity contribution < 1.29 is 0 Å². The Hall–Kier alpha value is -2.50. The molecule has 18 heavy (non-hydrogen) atoms. The second-order valence-corrected chi connectivity index (χ2v) is 4.33. The molecule has 6 heteroatoms. The number of nitrogens with one attached hydrogen (secondary N) is 1. The van der Waals surface area contributed by atoms with Gasteiger partial charge in [0.15, 0.2) is 0 Å². The van der Waals surface area contributed by atoms with Crippen LogP contribution in [0.3, 0.4) is 0 Å². The summed E-state index contributed by atoms with van der Waals surface area (Å²) in [6.45, 7) is 0. The topological polar surface area (TPSA) is 84.9 Å². The third-order valence-electron chi connectivity index (χ3n) is 3.35. The average molecular weight is 243 g/mol. The number of nitrogens with zero attached hydrogens (tertiary/aromatic N) is 2. The third kappa shape index (κ3) is 1.02. The Kier molecular flexibility index (Phi) is 1.80. The molecule has 0 amide bonds. The van der Waals surface area contributed by atoms with Gasteiger partial charge in [-0.2, -0.15) is 0 Å². The van der Waals surface area contributed by atoms with Crippen molar-refractivity contribution in [1.29, 1.82) is 5.41 Å². The summed E-state index contributed by atoms with van der Waals surface area (Å²) < 4.78 is 2.20. The quantitative estimate of drug-likeness (QED) is 0.555. The van der Waals surface area contributed by atoms with E-state index in [-0.39, 0.29) is 21.8 Å². The van der Waals surface area contributed by atoms with Crippen molar-refractivity contribution in [2.45, 2.75) is 0 Å². The van der Waals surface area contributed by atoms with Crippen molar-refractivity contribution in [3.05, 3.63) is 48.7 Å². The van der Waals surface area contributed by atoms with E-state index in [2.05, 4.69) is 0 Å². The Bertz CT molecular complexity index is 855. The van der Waals surface area contributed by atoms with Gasteiger partial charge in [-0.1, -0.05) is 0 Å². The molecule has 1 aromatic carbocycles. The summed E-state index contributed by atoms with van der Waals surface area (Å²) in [6.07, 6.45) is 0. The Labute approximate surface area is 99.5 Å². The van der Waals surface area contributed by atoms with Crippen molar-refractivity contribution in [3.8, 4) is 0 Å². The molecule has 3 rings (SSSR count). The van der Waals surface area contributed by atoms with Gasteiger partial charge in [-0.3, -0.25) is 28.9 Å². The van der Waals surface area contributed by atoms with Crippen LogP contribution in [0.25, 0.3) is 21.5 Å². The Balaban J connectivity index is 2.78. The smallest absolute Gasteiger partial charge is 0.261 e. The molecule has 0 spiro atoms. The zero-order valence-electron chi connectivity index (χ0n) is 9.77. The van der Waals surface area contributed by atoms with Gasteiger partial charge in [0.05, 0.1) is 16.2 Å². The lowest BCUT2D eigenvalue weighted by Crippen LogP contribution is -2.22. The molecule has 0 radical (unpaired) electrons. The zero-order valence-corrected chi connectivity index (χ0v) is 9.77. The normalized spacial score (nSPS) is 11.7. The summed E-state index contributed by atoms with van der Waals surface area (Å²) in [6, 6.07) is 2.87. The van der Waals surface area contributed by atoms with Gasteiger partial charge in [-0.05, 0) is 12.1 Å². The van der Waals surface area contributed by atoms with Crippen molar-refractivity contribution in [3.63, 3.8) is 0 Å². The van der Waals surface area contributed by atoms with Crippen molar-refractivity contribution in [2.75, 3.05) is 0 Å². The first-order valence-electron chi connectivity index (χ1n) is 5.31. The fourth-order valence-electron chi connectivity index (χ4n) is 2.24. The maximum Gasteiger partial charge on any atom is 0.261 e. The van der Waals surface area contributed by atoms with Crippen molar-refractivity contribution >= 4 is 21.5 Å². The fraction of sp³-hybridized carbons (Fsp3) is 0.167. The predicted octanol–water partition coefficient (Wildman–Crippen LogP) is -0.894. The molecule has 90 valence electrons. The number of rotatable bonds is 0. The highest BCUT2D eigenvalue weighted by atomic mass is 16.2. The van der Waals surface area contributed by atoms with Gasteiger partial charge in [0.2, 0.25) is 0 Å². The van der Waals surface area contributed by atoms with Gasteiger partial charge < -0.3 is 0 Å². The first-order chi connectivity index (χ1) is 8.43. The highest BCUT2D eigenvalue weighted by Gasteiger charge is 2.15. The van der Waals surface area contributed by atoms with Crippen LogP contribution in [0.5, 0.6) is 0 Å². The van der Waals surface area contributed by atoms with E-state index in [0.29, 0.717) is 10.8 Å². The molecule has 0 saturated heterocycles. The lowest BCUT2D eigenvalue weighted by atomic mass is 10.1. The minimum Gasteiger partial charge on any atom is -0.296 e. The van der Waals surface area contributed by atoms with Gasteiger partial charge in [-0.15, -0.1) is 0 Å². The van der Waals surface area contributed by atoms with Crippen LogP contribution in [-0.2, 0) is 14.1 Å². The van der Waals surface area contributed by atoms with Gasteiger partial charge in [0.1, 0.15) is 5.49 Å². The van der Waals surface area contributed by atoms with E-state index in [1.165, 1.54) is 30.8 Å². The molecule has 6 nitrogen and oxygen atoms in total. The van der Waals surface area contributed by atoms with E-state index in [9.17, 15) is 14.4 Å². The molecule has 0 saturated carbocycles. The number of hydrogen-bond acceptors (Lipinski definition) is 4. The van der Waals surface area contributed by atoms with Crippen LogP contribution < -0.4 is 22.2 Å². The highest BCUT2D eigenvalue weighted by molar-refractivity contribution is 5.97. The number of benzene rings is 1. The second-order valence-electron chi connectivity index (χ2n) is 4.33. The number of fused-ring (bicyclic) bond motifs is 2. The number of hydrogen-bond donors (Lipinski definition) is 1. The first kappa shape index (κ1) is 10.6. The zero-order chi connectivity index (χ0) is 13.2. The molecule has 2 heterocycles. The summed E-state index contributed by atoms with van der Waals surface area (Å²) in [5.41, 5.74) is -1.08. The molecule has 0 aliphatic heterocycles. The van der Waals surface area contributed by atoms with Gasteiger partial charge in [0.25, 0.3) is 16.7 Å². The Morgan fingerprint density at radius 2 is 1.17 bits per heavy atom. The molecule has 3 aromatic rings. The fourth-order valence-corrected chi connectivity index (χ4v) is 2.24. The average Bonchev–Trinajstić information content (AvgIpc) is 2.71. The van der Waals surface area contributed by atoms with Gasteiger partial charge in [0, 0.05) is 19.5 Å². The van der Waals surface area contributed by atoms with E-state index in [1.54, 1.807) is 0 Å². The van der Waals surface area contributed by atoms with Crippen LogP contribution in [0.1, 0.15) is 0 Å². The highest BCUT2D eigenvalue weighted by Crippen LogP contribution is 2.13. The molecular formula is C12H9N3O3. The van der Waals surface area contributed by atoms with Crippen LogP contribution in [-0.4, -0.2) is 9.13 Å². The van der Waals surface area contributed by atoms with Gasteiger partial charge >= 0.3 is 0 Å². The maximum atomic E-state index is 11.9. The van der Waals surface area contributed by atoms with E-state index in [4.69, 9.17) is 5.41 Å². The van der Waals surface area contributed by atoms with E-state index >= 15 is 0 Å². The van der Waals surface area contributed by atoms with Crippen molar-refractivity contribution in [1.82, 2.24) is 9.13 Å². The summed E-state index contributed by atoms with van der Waals surface area (Å²) >= 11 is 0. The largest absolute Gasteiger partial charge is 0.296 e. The maximum absolute atomic E-state index is 11.9. The van der Waals surface area contributed by atoms with Crippen molar-refractivity contribution in [2.24, 2.45) is 14.1 Å². The van der Waals surface area contributed by atoms with Crippen LogP contribution in [0.2, 0.25) is 0 Å².